The summed E-state index contributed by atoms with van der Waals surface area (Å²) in [6, 6.07) is 7.32. The molecule has 0 radical (unpaired) electrons. The van der Waals surface area contributed by atoms with E-state index in [1.54, 1.807) is 42.2 Å². The van der Waals surface area contributed by atoms with E-state index >= 15 is 0 Å². The Morgan fingerprint density at radius 3 is 2.72 bits per heavy atom. The maximum absolute atomic E-state index is 11.7. The summed E-state index contributed by atoms with van der Waals surface area (Å²) in [5.41, 5.74) is 7.90. The maximum atomic E-state index is 11.7. The largest absolute Gasteiger partial charge is 0.399 e. The number of nitrogens with two attached hydrogens (primary N) is 1. The topological polar surface area (TPSA) is 73.8 Å². The minimum Gasteiger partial charge on any atom is -0.399 e. The second-order valence-electron chi connectivity index (χ2n) is 4.03. The number of nitrogens with zero attached hydrogens (tertiary/aromatic N) is 3. The predicted molar refractivity (Wildman–Crippen MR) is 69.6 cm³/mol. The molecule has 5 nitrogen and oxygen atoms in total. The van der Waals surface area contributed by atoms with E-state index in [9.17, 15) is 4.79 Å². The highest BCUT2D eigenvalue weighted by atomic mass is 16.1. The lowest BCUT2D eigenvalue weighted by Gasteiger charge is -1.94. The molecular formula is C13H14N4O. The van der Waals surface area contributed by atoms with Gasteiger partial charge in [-0.2, -0.15) is 0 Å². The maximum Gasteiger partial charge on any atom is 0.161 e. The average Bonchev–Trinajstić information content (AvgIpc) is 2.74. The van der Waals surface area contributed by atoms with Crippen molar-refractivity contribution in [2.45, 2.75) is 6.42 Å². The molecule has 5 heteroatoms. The number of hydrogen-bond acceptors (Lipinski definition) is 4. The number of nitrogen functional groups attached to an aromatic ring is 1. The molecule has 0 saturated carbocycles. The smallest absolute Gasteiger partial charge is 0.161 e. The van der Waals surface area contributed by atoms with Crippen LogP contribution in [0.2, 0.25) is 0 Å². The molecule has 1 aromatic carbocycles. The molecule has 0 atom stereocenters. The Kier molecular flexibility index (Phi) is 3.52. The highest BCUT2D eigenvalue weighted by Gasteiger charge is 2.03. The zero-order chi connectivity index (χ0) is 13.0. The van der Waals surface area contributed by atoms with Crippen LogP contribution in [-0.2, 0) is 18.3 Å². The molecule has 2 N–H and O–H groups in total. The van der Waals surface area contributed by atoms with Gasteiger partial charge in [0.15, 0.2) is 5.78 Å². The summed E-state index contributed by atoms with van der Waals surface area (Å²) >= 11 is 0. The van der Waals surface area contributed by atoms with Gasteiger partial charge in [0.2, 0.25) is 0 Å². The van der Waals surface area contributed by atoms with Crippen LogP contribution in [0.15, 0.2) is 36.5 Å². The van der Waals surface area contributed by atoms with Crippen LogP contribution < -0.4 is 5.73 Å². The van der Waals surface area contributed by atoms with Crippen molar-refractivity contribution in [3.8, 4) is 0 Å². The van der Waals surface area contributed by atoms with Gasteiger partial charge in [-0.1, -0.05) is 23.4 Å². The summed E-state index contributed by atoms with van der Waals surface area (Å²) in [4.78, 5) is 11.7. The third-order valence-corrected chi connectivity index (χ3v) is 2.40. The van der Waals surface area contributed by atoms with Crippen LogP contribution in [0.4, 0.5) is 5.69 Å². The minimum absolute atomic E-state index is 0.00711. The van der Waals surface area contributed by atoms with Gasteiger partial charge < -0.3 is 5.73 Å². The Morgan fingerprint density at radius 1 is 1.39 bits per heavy atom. The van der Waals surface area contributed by atoms with Crippen LogP contribution in [0.25, 0.3) is 6.08 Å². The summed E-state index contributed by atoms with van der Waals surface area (Å²) in [7, 11) is 1.77. The van der Waals surface area contributed by atoms with Gasteiger partial charge in [-0.05, 0) is 23.8 Å². The number of anilines is 1. The monoisotopic (exact) mass is 242 g/mol. The summed E-state index contributed by atoms with van der Waals surface area (Å²) < 4.78 is 1.58. The van der Waals surface area contributed by atoms with Crippen molar-refractivity contribution in [1.29, 1.82) is 0 Å². The molecule has 0 spiro atoms. The van der Waals surface area contributed by atoms with Gasteiger partial charge in [0.25, 0.3) is 0 Å². The molecule has 0 bridgehead atoms. The van der Waals surface area contributed by atoms with Crippen LogP contribution in [0.3, 0.4) is 0 Å². The number of benzene rings is 1. The third-order valence-electron chi connectivity index (χ3n) is 2.40. The van der Waals surface area contributed by atoms with Crippen LogP contribution in [0, 0.1) is 0 Å². The van der Waals surface area contributed by atoms with Crippen molar-refractivity contribution in [2.24, 2.45) is 7.05 Å². The SMILES string of the molecule is Cn1cc(CC(=O)/C=C/c2ccc(N)cc2)nn1. The molecule has 1 aromatic heterocycles. The molecular weight excluding hydrogens is 228 g/mol. The fourth-order valence-electron chi connectivity index (χ4n) is 1.51. The van der Waals surface area contributed by atoms with Crippen molar-refractivity contribution in [3.05, 3.63) is 47.8 Å². The number of aromatic nitrogens is 3. The minimum atomic E-state index is -0.00711. The van der Waals surface area contributed by atoms with E-state index in [1.165, 1.54) is 0 Å². The quantitative estimate of drug-likeness (QED) is 0.646. The van der Waals surface area contributed by atoms with Crippen molar-refractivity contribution in [3.63, 3.8) is 0 Å². The van der Waals surface area contributed by atoms with Gasteiger partial charge in [-0.15, -0.1) is 5.10 Å². The van der Waals surface area contributed by atoms with E-state index in [2.05, 4.69) is 10.3 Å². The van der Waals surface area contributed by atoms with Gasteiger partial charge in [0.1, 0.15) is 0 Å². The molecule has 0 unspecified atom stereocenters. The molecule has 0 saturated heterocycles. The first-order valence-corrected chi connectivity index (χ1v) is 5.55. The number of carbonyl (C=O) groups is 1. The molecule has 0 aliphatic rings. The normalized spacial score (nSPS) is 10.9. The molecule has 0 aliphatic heterocycles. The number of ketones is 1. The lowest BCUT2D eigenvalue weighted by Crippen LogP contribution is -1.98. The lowest BCUT2D eigenvalue weighted by molar-refractivity contribution is -0.114. The molecule has 2 rings (SSSR count). The average molecular weight is 242 g/mol. The van der Waals surface area contributed by atoms with Crippen molar-refractivity contribution in [1.82, 2.24) is 15.0 Å². The second-order valence-corrected chi connectivity index (χ2v) is 4.03. The third kappa shape index (κ3) is 3.28. The molecule has 0 fully saturated rings. The molecule has 1 heterocycles. The van der Waals surface area contributed by atoms with Gasteiger partial charge in [-0.3, -0.25) is 9.48 Å². The van der Waals surface area contributed by atoms with Gasteiger partial charge >= 0.3 is 0 Å². The highest BCUT2D eigenvalue weighted by Crippen LogP contribution is 2.07. The Hall–Kier alpha value is -2.43. The predicted octanol–water partition coefficient (Wildman–Crippen LogP) is 1.22. The fraction of sp³-hybridized carbons (Fsp3) is 0.154. The van der Waals surface area contributed by atoms with Crippen molar-refractivity contribution >= 4 is 17.5 Å². The first-order valence-electron chi connectivity index (χ1n) is 5.55. The van der Waals surface area contributed by atoms with Crippen LogP contribution in [-0.4, -0.2) is 20.8 Å². The summed E-state index contributed by atoms with van der Waals surface area (Å²) in [6.07, 6.45) is 5.30. The highest BCUT2D eigenvalue weighted by molar-refractivity contribution is 5.94. The zero-order valence-corrected chi connectivity index (χ0v) is 10.1. The van der Waals surface area contributed by atoms with E-state index in [4.69, 9.17) is 5.73 Å². The zero-order valence-electron chi connectivity index (χ0n) is 10.1. The van der Waals surface area contributed by atoms with Gasteiger partial charge in [0, 0.05) is 18.9 Å². The van der Waals surface area contributed by atoms with Gasteiger partial charge in [0.05, 0.1) is 12.1 Å². The molecule has 92 valence electrons. The van der Waals surface area contributed by atoms with Crippen LogP contribution in [0.1, 0.15) is 11.3 Å². The first-order chi connectivity index (χ1) is 8.63. The molecule has 0 amide bonds. The number of hydrogen-bond donors (Lipinski definition) is 1. The Labute approximate surface area is 105 Å². The molecule has 18 heavy (non-hydrogen) atoms. The summed E-state index contributed by atoms with van der Waals surface area (Å²) in [5.74, 6) is -0.00711. The second kappa shape index (κ2) is 5.27. The molecule has 2 aromatic rings. The fourth-order valence-corrected chi connectivity index (χ4v) is 1.51. The van der Waals surface area contributed by atoms with E-state index < -0.39 is 0 Å². The van der Waals surface area contributed by atoms with Crippen LogP contribution in [0.5, 0.6) is 0 Å². The number of rotatable bonds is 4. The lowest BCUT2D eigenvalue weighted by atomic mass is 10.1. The Balaban J connectivity index is 1.96. The number of allylic oxidation sites excluding steroid dienone is 1. The van der Waals surface area contributed by atoms with E-state index in [0.717, 1.165) is 5.56 Å². The van der Waals surface area contributed by atoms with Gasteiger partial charge in [-0.25, -0.2) is 0 Å². The van der Waals surface area contributed by atoms with E-state index in [0.29, 0.717) is 11.4 Å². The number of carbonyl (C=O) groups excluding carboxylic acids is 1. The number of aryl methyl sites for hydroxylation is 1. The first kappa shape index (κ1) is 12.0. The summed E-state index contributed by atoms with van der Waals surface area (Å²) in [5, 5.41) is 7.64. The summed E-state index contributed by atoms with van der Waals surface area (Å²) in [6.45, 7) is 0. The Morgan fingerprint density at radius 2 is 2.11 bits per heavy atom. The van der Waals surface area contributed by atoms with E-state index in [-0.39, 0.29) is 12.2 Å². The molecule has 0 aliphatic carbocycles. The van der Waals surface area contributed by atoms with Crippen LogP contribution >= 0.6 is 0 Å². The van der Waals surface area contributed by atoms with E-state index in [1.807, 2.05) is 12.1 Å². The van der Waals surface area contributed by atoms with Crippen molar-refractivity contribution in [2.75, 3.05) is 5.73 Å². The van der Waals surface area contributed by atoms with Crippen molar-refractivity contribution < 1.29 is 4.79 Å². The Bertz CT molecular complexity index is 569. The standard InChI is InChI=1S/C13H14N4O/c1-17-9-12(15-16-17)8-13(18)7-4-10-2-5-11(14)6-3-10/h2-7,9H,8,14H2,1H3/b7-4+.